The Balaban J connectivity index is 2.34. The molecule has 0 saturated heterocycles. The fraction of sp³-hybridized carbons (Fsp3) is 0.300. The lowest BCUT2D eigenvalue weighted by molar-refractivity contribution is -0.136. The van der Waals surface area contributed by atoms with Gasteiger partial charge in [-0.3, -0.25) is 10.1 Å². The molecule has 0 aliphatic heterocycles. The molecule has 4 N–H and O–H groups in total. The number of hydrogen-bond acceptors (Lipinski definition) is 3. The van der Waals surface area contributed by atoms with Crippen molar-refractivity contribution in [3.05, 3.63) is 35.9 Å². The minimum atomic E-state index is -0.895. The van der Waals surface area contributed by atoms with Crippen LogP contribution in [0.3, 0.4) is 0 Å². The highest BCUT2D eigenvalue weighted by Gasteiger charge is 2.04. The largest absolute Gasteiger partial charge is 0.480 e. The highest BCUT2D eigenvalue weighted by molar-refractivity contribution is 5.69. The van der Waals surface area contributed by atoms with Crippen molar-refractivity contribution in [3.8, 4) is 0 Å². The zero-order chi connectivity index (χ0) is 10.4. The topological polar surface area (TPSA) is 75.3 Å². The number of carboxylic acid groups (broad SMARTS) is 1. The van der Waals surface area contributed by atoms with Crippen molar-refractivity contribution in [3.63, 3.8) is 0 Å². The van der Waals surface area contributed by atoms with Gasteiger partial charge in [-0.2, -0.15) is 0 Å². The van der Waals surface area contributed by atoms with Gasteiger partial charge in [0.25, 0.3) is 0 Å². The third-order valence-electron chi connectivity index (χ3n) is 1.81. The molecular formula is C10H14N2O2. The fourth-order valence-corrected chi connectivity index (χ4v) is 1.16. The van der Waals surface area contributed by atoms with Crippen molar-refractivity contribution >= 4 is 5.97 Å². The summed E-state index contributed by atoms with van der Waals surface area (Å²) in [6.07, 6.45) is 0.321. The monoisotopic (exact) mass is 194 g/mol. The molecule has 0 bridgehead atoms. The molecular weight excluding hydrogens is 180 g/mol. The second-order valence-electron chi connectivity index (χ2n) is 3.07. The number of rotatable bonds is 5. The summed E-state index contributed by atoms with van der Waals surface area (Å²) in [5, 5.41) is 11.1. The van der Waals surface area contributed by atoms with E-state index in [4.69, 9.17) is 10.8 Å². The predicted octanol–water partition coefficient (Wildman–Crippen LogP) is 0.188. The quantitative estimate of drug-likeness (QED) is 0.585. The van der Waals surface area contributed by atoms with E-state index in [-0.39, 0.29) is 12.7 Å². The van der Waals surface area contributed by atoms with Crippen molar-refractivity contribution in [2.75, 3.05) is 6.54 Å². The standard InChI is InChI=1S/C10H14N2O2/c11-9(12-7-10(13)14)6-8-4-2-1-3-5-8/h1-5,9,12H,6-7,11H2,(H,13,14)/t9-/m1/s1. The van der Waals surface area contributed by atoms with E-state index in [0.717, 1.165) is 5.56 Å². The molecule has 0 spiro atoms. The fourth-order valence-electron chi connectivity index (χ4n) is 1.16. The van der Waals surface area contributed by atoms with Crippen LogP contribution in [0.25, 0.3) is 0 Å². The number of nitrogens with two attached hydrogens (primary N) is 1. The van der Waals surface area contributed by atoms with Gasteiger partial charge in [-0.05, 0) is 5.56 Å². The average Bonchev–Trinajstić information content (AvgIpc) is 2.16. The number of nitrogens with one attached hydrogen (secondary N) is 1. The van der Waals surface area contributed by atoms with Crippen LogP contribution in [-0.2, 0) is 11.2 Å². The number of hydrogen-bond donors (Lipinski definition) is 3. The lowest BCUT2D eigenvalue weighted by Gasteiger charge is -2.11. The summed E-state index contributed by atoms with van der Waals surface area (Å²) in [5.74, 6) is -0.895. The van der Waals surface area contributed by atoms with Crippen molar-refractivity contribution in [2.45, 2.75) is 12.6 Å². The van der Waals surface area contributed by atoms with Crippen LogP contribution in [0.5, 0.6) is 0 Å². The molecule has 0 saturated carbocycles. The van der Waals surface area contributed by atoms with E-state index >= 15 is 0 Å². The molecule has 76 valence electrons. The first kappa shape index (κ1) is 10.7. The first-order chi connectivity index (χ1) is 6.68. The molecule has 14 heavy (non-hydrogen) atoms. The Kier molecular flexibility index (Phi) is 4.10. The average molecular weight is 194 g/mol. The zero-order valence-corrected chi connectivity index (χ0v) is 7.81. The second-order valence-corrected chi connectivity index (χ2v) is 3.07. The van der Waals surface area contributed by atoms with Crippen LogP contribution in [0.4, 0.5) is 0 Å². The van der Waals surface area contributed by atoms with Gasteiger partial charge in [0.05, 0.1) is 12.7 Å². The first-order valence-corrected chi connectivity index (χ1v) is 4.43. The molecule has 0 amide bonds. The zero-order valence-electron chi connectivity index (χ0n) is 7.81. The molecule has 0 aliphatic carbocycles. The number of carbonyl (C=O) groups is 1. The van der Waals surface area contributed by atoms with E-state index < -0.39 is 5.97 Å². The van der Waals surface area contributed by atoms with E-state index in [9.17, 15) is 4.79 Å². The molecule has 1 atom stereocenters. The number of carboxylic acids is 1. The Labute approximate surface area is 82.7 Å². The highest BCUT2D eigenvalue weighted by Crippen LogP contribution is 1.99. The normalized spacial score (nSPS) is 12.4. The molecule has 1 rings (SSSR count). The van der Waals surface area contributed by atoms with Crippen molar-refractivity contribution in [2.24, 2.45) is 5.73 Å². The van der Waals surface area contributed by atoms with Crippen LogP contribution < -0.4 is 11.1 Å². The summed E-state index contributed by atoms with van der Waals surface area (Å²) in [5.41, 5.74) is 6.77. The lowest BCUT2D eigenvalue weighted by Crippen LogP contribution is -2.41. The van der Waals surface area contributed by atoms with E-state index in [2.05, 4.69) is 5.32 Å². The van der Waals surface area contributed by atoms with Crippen LogP contribution in [0.2, 0.25) is 0 Å². The van der Waals surface area contributed by atoms with Gasteiger partial charge in [0.2, 0.25) is 0 Å². The van der Waals surface area contributed by atoms with Crippen LogP contribution >= 0.6 is 0 Å². The number of benzene rings is 1. The summed E-state index contributed by atoms with van der Waals surface area (Å²) < 4.78 is 0. The SMILES string of the molecule is N[C@@H](Cc1ccccc1)NCC(=O)O. The smallest absolute Gasteiger partial charge is 0.317 e. The van der Waals surface area contributed by atoms with Crippen LogP contribution in [0, 0.1) is 0 Å². The summed E-state index contributed by atoms with van der Waals surface area (Å²) in [4.78, 5) is 10.2. The van der Waals surface area contributed by atoms with Gasteiger partial charge in [-0.25, -0.2) is 0 Å². The minimum absolute atomic E-state index is 0.103. The molecule has 0 aliphatic rings. The maximum atomic E-state index is 10.2. The van der Waals surface area contributed by atoms with Gasteiger partial charge in [-0.15, -0.1) is 0 Å². The molecule has 0 aromatic heterocycles. The molecule has 4 heteroatoms. The molecule has 0 radical (unpaired) electrons. The van der Waals surface area contributed by atoms with Crippen molar-refractivity contribution in [1.82, 2.24) is 5.32 Å². The Morgan fingerprint density at radius 3 is 2.64 bits per heavy atom. The Bertz CT molecular complexity index is 287. The summed E-state index contributed by atoms with van der Waals surface area (Å²) in [6, 6.07) is 9.71. The van der Waals surface area contributed by atoms with E-state index in [1.54, 1.807) is 0 Å². The first-order valence-electron chi connectivity index (χ1n) is 4.43. The van der Waals surface area contributed by atoms with E-state index in [1.165, 1.54) is 0 Å². The Hall–Kier alpha value is -1.39. The van der Waals surface area contributed by atoms with Crippen LogP contribution in [0.1, 0.15) is 5.56 Å². The van der Waals surface area contributed by atoms with Gasteiger partial charge < -0.3 is 10.8 Å². The minimum Gasteiger partial charge on any atom is -0.480 e. The van der Waals surface area contributed by atoms with Gasteiger partial charge in [0.1, 0.15) is 0 Å². The Morgan fingerprint density at radius 1 is 1.43 bits per heavy atom. The third-order valence-corrected chi connectivity index (χ3v) is 1.81. The van der Waals surface area contributed by atoms with Gasteiger partial charge in [-0.1, -0.05) is 30.3 Å². The molecule has 4 nitrogen and oxygen atoms in total. The van der Waals surface area contributed by atoms with Gasteiger partial charge in [0, 0.05) is 6.42 Å². The third kappa shape index (κ3) is 4.02. The maximum absolute atomic E-state index is 10.2. The summed E-state index contributed by atoms with van der Waals surface area (Å²) in [6.45, 7) is -0.103. The maximum Gasteiger partial charge on any atom is 0.317 e. The second kappa shape index (κ2) is 5.36. The summed E-state index contributed by atoms with van der Waals surface area (Å²) in [7, 11) is 0. The molecule has 0 heterocycles. The van der Waals surface area contributed by atoms with Crippen molar-refractivity contribution in [1.29, 1.82) is 0 Å². The van der Waals surface area contributed by atoms with Crippen LogP contribution in [0.15, 0.2) is 30.3 Å². The molecule has 0 fully saturated rings. The van der Waals surface area contributed by atoms with E-state index in [1.807, 2.05) is 30.3 Å². The molecule has 0 unspecified atom stereocenters. The highest BCUT2D eigenvalue weighted by atomic mass is 16.4. The van der Waals surface area contributed by atoms with E-state index in [0.29, 0.717) is 6.42 Å². The van der Waals surface area contributed by atoms with Gasteiger partial charge >= 0.3 is 5.97 Å². The molecule has 1 aromatic carbocycles. The lowest BCUT2D eigenvalue weighted by atomic mass is 10.1. The summed E-state index contributed by atoms with van der Waals surface area (Å²) >= 11 is 0. The predicted molar refractivity (Wildman–Crippen MR) is 53.8 cm³/mol. The Morgan fingerprint density at radius 2 is 2.07 bits per heavy atom. The molecule has 1 aromatic rings. The van der Waals surface area contributed by atoms with Crippen LogP contribution in [-0.4, -0.2) is 23.8 Å². The van der Waals surface area contributed by atoms with Gasteiger partial charge in [0.15, 0.2) is 0 Å². The van der Waals surface area contributed by atoms with Crippen molar-refractivity contribution < 1.29 is 9.90 Å². The number of aliphatic carboxylic acids is 1.